The Morgan fingerprint density at radius 1 is 1.12 bits per heavy atom. The number of fused-ring (bicyclic) bond motifs is 1. The quantitative estimate of drug-likeness (QED) is 0.795. The van der Waals surface area contributed by atoms with Gasteiger partial charge in [0.1, 0.15) is 5.75 Å². The highest BCUT2D eigenvalue weighted by Gasteiger charge is 2.25. The van der Waals surface area contributed by atoms with E-state index < -0.39 is 0 Å². The maximum atomic E-state index is 10.0. The highest BCUT2D eigenvalue weighted by atomic mass is 16.3. The van der Waals surface area contributed by atoms with Crippen molar-refractivity contribution in [1.29, 1.82) is 0 Å². The summed E-state index contributed by atoms with van der Waals surface area (Å²) in [7, 11) is 0. The number of benzene rings is 2. The van der Waals surface area contributed by atoms with Crippen LogP contribution in [0.1, 0.15) is 36.5 Å². The van der Waals surface area contributed by atoms with Gasteiger partial charge in [-0.15, -0.1) is 0 Å². The second-order valence-corrected chi connectivity index (χ2v) is 6.84. The molecule has 0 spiro atoms. The maximum absolute atomic E-state index is 10.0. The lowest BCUT2D eigenvalue weighted by Gasteiger charge is -2.35. The molecule has 0 saturated carbocycles. The van der Waals surface area contributed by atoms with Gasteiger partial charge in [-0.05, 0) is 73.5 Å². The van der Waals surface area contributed by atoms with Crippen LogP contribution in [0.2, 0.25) is 0 Å². The van der Waals surface area contributed by atoms with E-state index in [4.69, 9.17) is 5.73 Å². The van der Waals surface area contributed by atoms with Crippen LogP contribution in [-0.4, -0.2) is 29.1 Å². The normalized spacial score (nSPS) is 17.0. The first-order valence-electron chi connectivity index (χ1n) is 9.05. The summed E-state index contributed by atoms with van der Waals surface area (Å²) in [6, 6.07) is 14.8. The molecule has 0 amide bonds. The van der Waals surface area contributed by atoms with Crippen molar-refractivity contribution in [3.63, 3.8) is 0 Å². The van der Waals surface area contributed by atoms with Crippen molar-refractivity contribution in [2.24, 2.45) is 0 Å². The molecule has 0 saturated heterocycles. The molecule has 0 aromatic heterocycles. The van der Waals surface area contributed by atoms with Crippen LogP contribution in [-0.2, 0) is 19.3 Å². The van der Waals surface area contributed by atoms with Gasteiger partial charge in [-0.25, -0.2) is 0 Å². The van der Waals surface area contributed by atoms with Crippen molar-refractivity contribution < 1.29 is 5.11 Å². The number of rotatable bonds is 6. The summed E-state index contributed by atoms with van der Waals surface area (Å²) in [5.74, 6) is 0.467. The fourth-order valence-electron chi connectivity index (χ4n) is 3.80. The third-order valence-corrected chi connectivity index (χ3v) is 5.13. The minimum Gasteiger partial charge on any atom is -0.508 e. The van der Waals surface area contributed by atoms with Crippen LogP contribution in [0, 0.1) is 0 Å². The van der Waals surface area contributed by atoms with Gasteiger partial charge in [0.2, 0.25) is 0 Å². The fraction of sp³-hybridized carbons (Fsp3) is 0.429. The van der Waals surface area contributed by atoms with E-state index in [0.29, 0.717) is 11.8 Å². The number of aromatic hydroxyl groups is 1. The minimum absolute atomic E-state index is 0.467. The molecule has 3 nitrogen and oxygen atoms in total. The predicted octanol–water partition coefficient (Wildman–Crippen LogP) is 3.79. The van der Waals surface area contributed by atoms with Crippen molar-refractivity contribution >= 4 is 5.69 Å². The molecule has 2 aromatic carbocycles. The van der Waals surface area contributed by atoms with Gasteiger partial charge in [0.05, 0.1) is 0 Å². The van der Waals surface area contributed by atoms with Crippen molar-refractivity contribution in [2.45, 2.75) is 45.1 Å². The Kier molecular flexibility index (Phi) is 5.41. The number of phenolic OH excluding ortho intramolecular Hbond substituents is 1. The number of anilines is 1. The molecule has 0 aliphatic heterocycles. The van der Waals surface area contributed by atoms with E-state index in [1.807, 2.05) is 24.3 Å². The Bertz CT molecular complexity index is 666. The van der Waals surface area contributed by atoms with Gasteiger partial charge >= 0.3 is 0 Å². The fourth-order valence-corrected chi connectivity index (χ4v) is 3.80. The van der Waals surface area contributed by atoms with Crippen LogP contribution in [0.5, 0.6) is 5.75 Å². The van der Waals surface area contributed by atoms with Gasteiger partial charge < -0.3 is 10.8 Å². The first-order chi connectivity index (χ1) is 11.7. The zero-order chi connectivity index (χ0) is 16.9. The SMILES string of the molecule is CCCN(CCc1ccc(N)cc1)[C@@H]1CCc2c(O)cccc2C1. The van der Waals surface area contributed by atoms with Gasteiger partial charge in [-0.2, -0.15) is 0 Å². The molecule has 3 heteroatoms. The Labute approximate surface area is 145 Å². The monoisotopic (exact) mass is 324 g/mol. The number of nitrogens with two attached hydrogens (primary N) is 1. The van der Waals surface area contributed by atoms with Gasteiger partial charge in [0.25, 0.3) is 0 Å². The number of phenols is 1. The van der Waals surface area contributed by atoms with Crippen LogP contribution in [0.25, 0.3) is 0 Å². The molecule has 3 rings (SSSR count). The Morgan fingerprint density at radius 3 is 2.67 bits per heavy atom. The molecule has 0 radical (unpaired) electrons. The molecule has 1 aliphatic carbocycles. The van der Waals surface area contributed by atoms with Crippen molar-refractivity contribution in [3.05, 3.63) is 59.2 Å². The smallest absolute Gasteiger partial charge is 0.119 e. The van der Waals surface area contributed by atoms with Gasteiger partial charge in [0, 0.05) is 18.3 Å². The Balaban J connectivity index is 1.66. The third kappa shape index (κ3) is 3.90. The largest absolute Gasteiger partial charge is 0.508 e. The Hall–Kier alpha value is -2.00. The lowest BCUT2D eigenvalue weighted by atomic mass is 9.86. The zero-order valence-electron chi connectivity index (χ0n) is 14.5. The van der Waals surface area contributed by atoms with E-state index in [0.717, 1.165) is 50.0 Å². The molecule has 1 aliphatic rings. The summed E-state index contributed by atoms with van der Waals surface area (Å²) in [4.78, 5) is 2.63. The molecule has 128 valence electrons. The standard InChI is InChI=1S/C21H28N2O/c1-2-13-23(14-12-16-6-8-18(22)9-7-16)19-10-11-20-17(15-19)4-3-5-21(20)24/h3-9,19,24H,2,10-15,22H2,1H3/t19-/m1/s1. The molecular formula is C21H28N2O. The lowest BCUT2D eigenvalue weighted by molar-refractivity contribution is 0.181. The second-order valence-electron chi connectivity index (χ2n) is 6.84. The van der Waals surface area contributed by atoms with Crippen molar-refractivity contribution in [3.8, 4) is 5.75 Å². The Morgan fingerprint density at radius 2 is 1.92 bits per heavy atom. The molecule has 0 fully saturated rings. The van der Waals surface area contributed by atoms with Crippen LogP contribution in [0.3, 0.4) is 0 Å². The first kappa shape index (κ1) is 16.8. The summed E-state index contributed by atoms with van der Waals surface area (Å²) in [6.07, 6.45) is 5.39. The van der Waals surface area contributed by atoms with Crippen LogP contribution >= 0.6 is 0 Å². The highest BCUT2D eigenvalue weighted by molar-refractivity contribution is 5.41. The van der Waals surface area contributed by atoms with E-state index in [1.54, 1.807) is 0 Å². The second kappa shape index (κ2) is 7.71. The van der Waals surface area contributed by atoms with Crippen molar-refractivity contribution in [2.75, 3.05) is 18.8 Å². The van der Waals surface area contributed by atoms with Crippen LogP contribution in [0.15, 0.2) is 42.5 Å². The average molecular weight is 324 g/mol. The molecular weight excluding hydrogens is 296 g/mol. The van der Waals surface area contributed by atoms with Gasteiger partial charge in [-0.3, -0.25) is 4.90 Å². The number of nitrogen functional groups attached to an aromatic ring is 1. The zero-order valence-corrected chi connectivity index (χ0v) is 14.5. The molecule has 0 unspecified atom stereocenters. The van der Waals surface area contributed by atoms with Crippen LogP contribution < -0.4 is 5.73 Å². The van der Waals surface area contributed by atoms with E-state index in [9.17, 15) is 5.11 Å². The predicted molar refractivity (Wildman–Crippen MR) is 100 cm³/mol. The molecule has 0 heterocycles. The molecule has 24 heavy (non-hydrogen) atoms. The number of hydrogen-bond acceptors (Lipinski definition) is 3. The summed E-state index contributed by atoms with van der Waals surface area (Å²) in [5.41, 5.74) is 10.4. The lowest BCUT2D eigenvalue weighted by Crippen LogP contribution is -2.41. The van der Waals surface area contributed by atoms with E-state index in [1.165, 1.54) is 17.5 Å². The maximum Gasteiger partial charge on any atom is 0.119 e. The summed E-state index contributed by atoms with van der Waals surface area (Å²) >= 11 is 0. The highest BCUT2D eigenvalue weighted by Crippen LogP contribution is 2.30. The molecule has 2 aromatic rings. The number of nitrogens with zero attached hydrogens (tertiary/aromatic N) is 1. The number of hydrogen-bond donors (Lipinski definition) is 2. The minimum atomic E-state index is 0.467. The van der Waals surface area contributed by atoms with Gasteiger partial charge in [0.15, 0.2) is 0 Å². The molecule has 1 atom stereocenters. The summed E-state index contributed by atoms with van der Waals surface area (Å²) < 4.78 is 0. The van der Waals surface area contributed by atoms with E-state index in [2.05, 4.69) is 30.0 Å². The third-order valence-electron chi connectivity index (χ3n) is 5.13. The van der Waals surface area contributed by atoms with Gasteiger partial charge in [-0.1, -0.05) is 31.2 Å². The van der Waals surface area contributed by atoms with Crippen LogP contribution in [0.4, 0.5) is 5.69 Å². The summed E-state index contributed by atoms with van der Waals surface area (Å²) in [6.45, 7) is 4.46. The van der Waals surface area contributed by atoms with E-state index >= 15 is 0 Å². The van der Waals surface area contributed by atoms with Crippen molar-refractivity contribution in [1.82, 2.24) is 4.90 Å². The molecule has 3 N–H and O–H groups in total. The topological polar surface area (TPSA) is 49.5 Å². The summed E-state index contributed by atoms with van der Waals surface area (Å²) in [5, 5.41) is 10.0. The average Bonchev–Trinajstić information content (AvgIpc) is 2.60. The first-order valence-corrected chi connectivity index (χ1v) is 9.05. The molecule has 0 bridgehead atoms. The van der Waals surface area contributed by atoms with E-state index in [-0.39, 0.29) is 0 Å².